The standard InChI is InChI=1S/C39H27NO.2C36H22N2O.CH4/c1-39(2)33-12-6-3-9-27(33)30-21-25(17-20-34(30)39)24-15-18-26(19-16-24)40-35-13-7-4-10-28(35)31-22-32-29-11-5-8-14-37(29)41-38(32)23-36(31)40;1-5-16-30-25(12-1)26-13-2-6-17-31(26)37(30)23-10-9-11-24(22-23)38-32-18-7-3-15-29(32)35-33(38)21-20-28-27-14-4-8-19-34(27)39-36(28)35;1-5-16-30-25(12-1)26-13-2-6-17-31(26)37(30)23-10-9-11-24(22-23)38-32-18-7-3-14-27(32)28-20-21-34-35(36(28)38)29-15-4-8-19-33(29)39-34;/h3-23H,1-2H3;2*1-22H;1H4. The Balaban J connectivity index is 0.000000102. The summed E-state index contributed by atoms with van der Waals surface area (Å²) in [5.41, 5.74) is 31.1. The first-order valence-corrected chi connectivity index (χ1v) is 40.9. The van der Waals surface area contributed by atoms with Gasteiger partial charge < -0.3 is 36.1 Å². The zero-order chi connectivity index (χ0) is 78.3. The number of hydrogen-bond donors (Lipinski definition) is 0. The number of fused-ring (bicyclic) bond motifs is 29. The fraction of sp³-hybridized carbons (Fsp3) is 0.0357. The molecule has 8 heteroatoms. The molecule has 0 bridgehead atoms. The second-order valence-electron chi connectivity index (χ2n) is 32.1. The molecule has 0 radical (unpaired) electrons. The Labute approximate surface area is 689 Å². The highest BCUT2D eigenvalue weighted by Crippen LogP contribution is 2.51. The van der Waals surface area contributed by atoms with Crippen LogP contribution in [-0.2, 0) is 5.41 Å². The summed E-state index contributed by atoms with van der Waals surface area (Å²) in [5.74, 6) is 0. The first-order chi connectivity index (χ1) is 58.8. The highest BCUT2D eigenvalue weighted by atomic mass is 16.3. The van der Waals surface area contributed by atoms with Gasteiger partial charge in [0, 0.05) is 115 Å². The number of aromatic nitrogens is 5. The summed E-state index contributed by atoms with van der Waals surface area (Å²) in [6.45, 7) is 4.66. The lowest BCUT2D eigenvalue weighted by molar-refractivity contribution is 0.660. The second-order valence-corrected chi connectivity index (χ2v) is 32.1. The van der Waals surface area contributed by atoms with E-state index in [4.69, 9.17) is 13.3 Å². The molecule has 27 rings (SSSR count). The van der Waals surface area contributed by atoms with Crippen molar-refractivity contribution in [2.24, 2.45) is 0 Å². The van der Waals surface area contributed by atoms with E-state index in [2.05, 4.69) is 407 Å². The van der Waals surface area contributed by atoms with Gasteiger partial charge in [-0.1, -0.05) is 264 Å². The van der Waals surface area contributed by atoms with E-state index in [1.54, 1.807) is 0 Å². The van der Waals surface area contributed by atoms with E-state index in [1.165, 1.54) is 126 Å². The summed E-state index contributed by atoms with van der Waals surface area (Å²) in [6.07, 6.45) is 0. The van der Waals surface area contributed by atoms with E-state index in [0.29, 0.717) is 0 Å². The van der Waals surface area contributed by atoms with Gasteiger partial charge in [-0.25, -0.2) is 0 Å². The summed E-state index contributed by atoms with van der Waals surface area (Å²) in [4.78, 5) is 0. The van der Waals surface area contributed by atoms with Crippen molar-refractivity contribution in [2.75, 3.05) is 0 Å². The monoisotopic (exact) mass is 1540 g/mol. The molecule has 0 amide bonds. The van der Waals surface area contributed by atoms with Crippen LogP contribution < -0.4 is 0 Å². The number of furan rings is 3. The van der Waals surface area contributed by atoms with Crippen LogP contribution in [0, 0.1) is 0 Å². The zero-order valence-corrected chi connectivity index (χ0v) is 65.0. The van der Waals surface area contributed by atoms with Crippen molar-refractivity contribution in [1.29, 1.82) is 0 Å². The largest absolute Gasteiger partial charge is 0.456 e. The van der Waals surface area contributed by atoms with Gasteiger partial charge in [-0.05, 0) is 179 Å². The predicted octanol–water partition coefficient (Wildman–Crippen LogP) is 30.9. The Morgan fingerprint density at radius 3 is 1.18 bits per heavy atom. The topological polar surface area (TPSA) is 64.1 Å². The molecule has 8 nitrogen and oxygen atoms in total. The van der Waals surface area contributed by atoms with Gasteiger partial charge in [0.2, 0.25) is 0 Å². The van der Waals surface area contributed by atoms with Crippen LogP contribution >= 0.6 is 0 Å². The fourth-order valence-electron chi connectivity index (χ4n) is 20.2. The first-order valence-electron chi connectivity index (χ1n) is 40.9. The Hall–Kier alpha value is -15.6. The maximum Gasteiger partial charge on any atom is 0.145 e. The normalized spacial score (nSPS) is 12.6. The molecular weight excluding hydrogens is 1460 g/mol. The van der Waals surface area contributed by atoms with Crippen molar-refractivity contribution in [1.82, 2.24) is 22.8 Å². The molecule has 0 N–H and O–H groups in total. The van der Waals surface area contributed by atoms with E-state index in [-0.39, 0.29) is 12.8 Å². The summed E-state index contributed by atoms with van der Waals surface area (Å²) in [7, 11) is 0. The van der Waals surface area contributed by atoms with Gasteiger partial charge in [0.25, 0.3) is 0 Å². The van der Waals surface area contributed by atoms with Crippen LogP contribution in [0.15, 0.2) is 408 Å². The van der Waals surface area contributed by atoms with Gasteiger partial charge in [-0.2, -0.15) is 0 Å². The van der Waals surface area contributed by atoms with Crippen LogP contribution in [-0.4, -0.2) is 22.8 Å². The average molecular weight is 1540 g/mol. The molecule has 26 aromatic rings. The van der Waals surface area contributed by atoms with Crippen LogP contribution in [0.3, 0.4) is 0 Å². The first kappa shape index (κ1) is 68.7. The molecule has 1 aliphatic carbocycles. The molecule has 0 atom stereocenters. The second kappa shape index (κ2) is 26.4. The van der Waals surface area contributed by atoms with E-state index < -0.39 is 0 Å². The minimum Gasteiger partial charge on any atom is -0.456 e. The number of rotatable bonds is 6. The molecule has 0 unspecified atom stereocenters. The Kier molecular flexibility index (Phi) is 15.1. The summed E-state index contributed by atoms with van der Waals surface area (Å²) >= 11 is 0. The molecule has 0 fully saturated rings. The molecule has 566 valence electrons. The van der Waals surface area contributed by atoms with Gasteiger partial charge in [0.1, 0.15) is 33.5 Å². The van der Waals surface area contributed by atoms with Crippen molar-refractivity contribution < 1.29 is 13.3 Å². The van der Waals surface area contributed by atoms with Gasteiger partial charge in [-0.15, -0.1) is 0 Å². The van der Waals surface area contributed by atoms with Crippen LogP contribution in [0.5, 0.6) is 0 Å². The molecular formula is C112H75N5O3. The number of benzene rings is 18. The lowest BCUT2D eigenvalue weighted by Crippen LogP contribution is -2.14. The zero-order valence-electron chi connectivity index (χ0n) is 65.0. The van der Waals surface area contributed by atoms with Crippen LogP contribution in [0.4, 0.5) is 0 Å². The lowest BCUT2D eigenvalue weighted by atomic mass is 9.82. The molecule has 0 spiro atoms. The number of hydrogen-bond acceptors (Lipinski definition) is 3. The van der Waals surface area contributed by atoms with E-state index in [9.17, 15) is 0 Å². The SMILES string of the molecule is C.CC1(C)c2ccccc2-c2cc(-c3ccc(-n4c5ccccc5c5cc6c(cc54)oc4ccccc46)cc3)ccc21.c1cc(-n2c3ccccc3c3ccccc32)cc(-n2c3ccccc3c3c4oc5ccccc5c4ccc32)c1.c1cc(-n2c3ccccc3c3ccccc32)cc(-n2c3ccccc3c3ccc4oc5ccccc5c4c32)c1. The number of nitrogens with zero attached hydrogens (tertiary/aromatic N) is 5. The Morgan fingerprint density at radius 1 is 0.200 bits per heavy atom. The molecule has 8 aromatic heterocycles. The van der Waals surface area contributed by atoms with Crippen molar-refractivity contribution in [2.45, 2.75) is 26.7 Å². The maximum absolute atomic E-state index is 6.48. The van der Waals surface area contributed by atoms with Gasteiger partial charge in [0.05, 0.1) is 65.9 Å². The Bertz CT molecular complexity index is 8630. The van der Waals surface area contributed by atoms with Crippen molar-refractivity contribution >= 4 is 175 Å². The van der Waals surface area contributed by atoms with Crippen LogP contribution in [0.25, 0.3) is 226 Å². The molecule has 0 saturated heterocycles. The Morgan fingerprint density at radius 2 is 0.600 bits per heavy atom. The van der Waals surface area contributed by atoms with Crippen molar-refractivity contribution in [3.8, 4) is 50.7 Å². The number of para-hydroxylation sites is 10. The van der Waals surface area contributed by atoms with Crippen LogP contribution in [0.1, 0.15) is 32.4 Å². The third-order valence-corrected chi connectivity index (χ3v) is 25.4. The molecule has 1 aliphatic rings. The fourth-order valence-corrected chi connectivity index (χ4v) is 20.2. The maximum atomic E-state index is 6.48. The highest BCUT2D eigenvalue weighted by molar-refractivity contribution is 6.26. The van der Waals surface area contributed by atoms with Gasteiger partial charge in [0.15, 0.2) is 0 Å². The van der Waals surface area contributed by atoms with E-state index in [1.807, 2.05) is 24.3 Å². The minimum atomic E-state index is 0. The lowest BCUT2D eigenvalue weighted by Gasteiger charge is -2.21. The third-order valence-electron chi connectivity index (χ3n) is 25.4. The van der Waals surface area contributed by atoms with E-state index >= 15 is 0 Å². The molecule has 8 heterocycles. The van der Waals surface area contributed by atoms with Gasteiger partial charge in [-0.3, -0.25) is 0 Å². The third kappa shape index (κ3) is 10.1. The summed E-state index contributed by atoms with van der Waals surface area (Å²) in [6, 6.07) is 141. The molecule has 120 heavy (non-hydrogen) atoms. The van der Waals surface area contributed by atoms with Crippen molar-refractivity contribution in [3.63, 3.8) is 0 Å². The van der Waals surface area contributed by atoms with Crippen molar-refractivity contribution in [3.05, 3.63) is 405 Å². The molecule has 0 saturated carbocycles. The summed E-state index contributed by atoms with van der Waals surface area (Å²) < 4.78 is 31.0. The smallest absolute Gasteiger partial charge is 0.145 e. The van der Waals surface area contributed by atoms with E-state index in [0.717, 1.165) is 111 Å². The average Bonchev–Trinajstić information content (AvgIpc) is 1.55. The van der Waals surface area contributed by atoms with Crippen LogP contribution in [0.2, 0.25) is 0 Å². The predicted molar refractivity (Wildman–Crippen MR) is 503 cm³/mol. The minimum absolute atomic E-state index is 0. The quantitative estimate of drug-likeness (QED) is 0.167. The summed E-state index contributed by atoms with van der Waals surface area (Å²) in [5, 5.41) is 19.3. The highest BCUT2D eigenvalue weighted by Gasteiger charge is 2.35. The molecule has 0 aliphatic heterocycles. The molecule has 18 aromatic carbocycles. The van der Waals surface area contributed by atoms with Gasteiger partial charge >= 0.3 is 0 Å².